The predicted octanol–water partition coefficient (Wildman–Crippen LogP) is 6.45. The molecule has 0 aliphatic carbocycles. The van der Waals surface area contributed by atoms with Gasteiger partial charge in [0.05, 0.1) is 24.7 Å². The van der Waals surface area contributed by atoms with Crippen molar-refractivity contribution in [3.63, 3.8) is 0 Å². The van der Waals surface area contributed by atoms with Crippen molar-refractivity contribution >= 4 is 28.6 Å². The summed E-state index contributed by atoms with van der Waals surface area (Å²) < 4.78 is 71.4. The lowest BCUT2D eigenvalue weighted by molar-refractivity contribution is -0.185. The number of hydrogen-bond donors (Lipinski definition) is 0. The number of nitrogens with zero attached hydrogens (tertiary/aromatic N) is 4. The predicted molar refractivity (Wildman–Crippen MR) is 151 cm³/mol. The maximum Gasteiger partial charge on any atom is 0.427 e. The molecule has 0 bridgehead atoms. The van der Waals surface area contributed by atoms with E-state index in [4.69, 9.17) is 21.1 Å². The van der Waals surface area contributed by atoms with Crippen LogP contribution in [0.5, 0.6) is 11.6 Å². The minimum atomic E-state index is -4.08. The highest BCUT2D eigenvalue weighted by atomic mass is 35.5. The topological polar surface area (TPSA) is 78.7 Å². The summed E-state index contributed by atoms with van der Waals surface area (Å²) in [5.74, 6) is -0.461. The van der Waals surface area contributed by atoms with E-state index in [0.29, 0.717) is 47.4 Å². The lowest BCUT2D eigenvalue weighted by Gasteiger charge is -2.31. The number of aromatic nitrogens is 3. The maximum absolute atomic E-state index is 14.1. The highest BCUT2D eigenvalue weighted by Gasteiger charge is 2.34. The van der Waals surface area contributed by atoms with Gasteiger partial charge in [-0.05, 0) is 56.3 Å². The molecule has 1 fully saturated rings. The number of aryl methyl sites for hydroxylation is 1. The van der Waals surface area contributed by atoms with Crippen LogP contribution in [0.3, 0.4) is 0 Å². The molecule has 0 unspecified atom stereocenters. The highest BCUT2D eigenvalue weighted by molar-refractivity contribution is 6.30. The Morgan fingerprint density at radius 1 is 1.12 bits per heavy atom. The number of likely N-dealkylation sites (tertiary alicyclic amines) is 1. The van der Waals surface area contributed by atoms with Gasteiger partial charge in [0.25, 0.3) is 0 Å². The smallest absolute Gasteiger partial charge is 0.427 e. The second kappa shape index (κ2) is 12.8. The molecule has 2 aromatic heterocycles. The van der Waals surface area contributed by atoms with Gasteiger partial charge in [-0.1, -0.05) is 23.7 Å². The molecule has 43 heavy (non-hydrogen) atoms. The number of methoxy groups -OCH3 is 1. The average molecular weight is 621 g/mol. The number of esters is 1. The summed E-state index contributed by atoms with van der Waals surface area (Å²) in [7, 11) is 2.88. The van der Waals surface area contributed by atoms with Crippen molar-refractivity contribution in [2.24, 2.45) is 7.05 Å². The summed E-state index contributed by atoms with van der Waals surface area (Å²) >= 11 is 5.82. The van der Waals surface area contributed by atoms with Crippen LogP contribution in [0.15, 0.2) is 48.5 Å². The van der Waals surface area contributed by atoms with Gasteiger partial charge < -0.3 is 18.8 Å². The van der Waals surface area contributed by atoms with Crippen LogP contribution in [-0.2, 0) is 24.9 Å². The molecule has 8 nitrogen and oxygen atoms in total. The van der Waals surface area contributed by atoms with E-state index in [1.54, 1.807) is 29.8 Å². The van der Waals surface area contributed by atoms with Gasteiger partial charge in [0, 0.05) is 35.3 Å². The first-order valence-electron chi connectivity index (χ1n) is 13.5. The van der Waals surface area contributed by atoms with Crippen LogP contribution in [0, 0.1) is 5.82 Å². The van der Waals surface area contributed by atoms with E-state index in [2.05, 4.69) is 19.6 Å². The summed E-state index contributed by atoms with van der Waals surface area (Å²) in [4.78, 5) is 23.5. The molecule has 0 N–H and O–H groups in total. The van der Waals surface area contributed by atoms with Crippen molar-refractivity contribution < 1.29 is 36.6 Å². The third kappa shape index (κ3) is 7.02. The lowest BCUT2D eigenvalue weighted by atomic mass is 9.93. The van der Waals surface area contributed by atoms with Crippen LogP contribution in [0.2, 0.25) is 5.02 Å². The first-order chi connectivity index (χ1) is 20.6. The number of rotatable bonds is 10. The van der Waals surface area contributed by atoms with E-state index < -0.39 is 30.3 Å². The quantitative estimate of drug-likeness (QED) is 0.149. The molecule has 13 heteroatoms. The Hall–Kier alpha value is -3.90. The highest BCUT2D eigenvalue weighted by Crippen LogP contribution is 2.33. The fraction of sp³-hybridized carbons (Fsp3) is 0.367. The normalized spacial score (nSPS) is 14.7. The molecule has 0 spiro atoms. The number of carbonyl (C=O) groups is 1. The summed E-state index contributed by atoms with van der Waals surface area (Å²) in [6, 6.07) is 12.5. The van der Waals surface area contributed by atoms with Gasteiger partial charge in [-0.2, -0.15) is 8.78 Å². The van der Waals surface area contributed by atoms with Crippen LogP contribution >= 0.6 is 11.6 Å². The molecular weight excluding hydrogens is 592 g/mol. The fourth-order valence-corrected chi connectivity index (χ4v) is 5.22. The van der Waals surface area contributed by atoms with Crippen molar-refractivity contribution in [2.75, 3.05) is 26.9 Å². The zero-order valence-electron chi connectivity index (χ0n) is 23.5. The molecule has 1 saturated heterocycles. The molecular formula is C30H29ClF4N4O4. The van der Waals surface area contributed by atoms with Crippen molar-refractivity contribution in [2.45, 2.75) is 38.0 Å². The molecule has 2 aromatic carbocycles. The average Bonchev–Trinajstić information content (AvgIpc) is 3.31. The van der Waals surface area contributed by atoms with E-state index in [9.17, 15) is 22.4 Å². The first-order valence-corrected chi connectivity index (χ1v) is 13.9. The lowest BCUT2D eigenvalue weighted by Crippen LogP contribution is -2.33. The molecule has 5 rings (SSSR count). The van der Waals surface area contributed by atoms with Gasteiger partial charge in [-0.25, -0.2) is 23.5 Å². The van der Waals surface area contributed by atoms with E-state index >= 15 is 0 Å². The minimum absolute atomic E-state index is 0.0213. The van der Waals surface area contributed by atoms with Crippen molar-refractivity contribution in [1.29, 1.82) is 0 Å². The van der Waals surface area contributed by atoms with Crippen LogP contribution in [0.4, 0.5) is 17.6 Å². The van der Waals surface area contributed by atoms with Crippen molar-refractivity contribution in [1.82, 2.24) is 19.4 Å². The number of alkyl halides is 3. The third-order valence-electron chi connectivity index (χ3n) is 7.39. The van der Waals surface area contributed by atoms with Crippen molar-refractivity contribution in [3.05, 3.63) is 82.0 Å². The number of pyridine rings is 1. The number of hydrogen-bond acceptors (Lipinski definition) is 7. The zero-order chi connectivity index (χ0) is 30.7. The molecule has 1 aliphatic heterocycles. The van der Waals surface area contributed by atoms with Gasteiger partial charge in [-0.15, -0.1) is 0 Å². The Kier molecular flexibility index (Phi) is 9.07. The van der Waals surface area contributed by atoms with E-state index in [1.807, 2.05) is 12.1 Å². The fourth-order valence-electron chi connectivity index (χ4n) is 5.06. The molecule has 0 radical (unpaired) electrons. The minimum Gasteiger partial charge on any atom is -0.473 e. The molecule has 0 saturated carbocycles. The second-order valence-corrected chi connectivity index (χ2v) is 10.7. The van der Waals surface area contributed by atoms with Gasteiger partial charge in [0.2, 0.25) is 5.88 Å². The Bertz CT molecular complexity index is 1630. The van der Waals surface area contributed by atoms with E-state index in [-0.39, 0.29) is 23.6 Å². The van der Waals surface area contributed by atoms with E-state index in [1.165, 1.54) is 19.2 Å². The Balaban J connectivity index is 1.26. The van der Waals surface area contributed by atoms with Gasteiger partial charge in [0.1, 0.15) is 23.8 Å². The summed E-state index contributed by atoms with van der Waals surface area (Å²) in [5.41, 5.74) is 1.70. The number of piperidine rings is 1. The maximum atomic E-state index is 14.1. The third-order valence-corrected chi connectivity index (χ3v) is 7.62. The molecule has 3 heterocycles. The van der Waals surface area contributed by atoms with Crippen LogP contribution < -0.4 is 9.47 Å². The van der Waals surface area contributed by atoms with Gasteiger partial charge in [0.15, 0.2) is 12.4 Å². The Morgan fingerprint density at radius 3 is 2.58 bits per heavy atom. The van der Waals surface area contributed by atoms with E-state index in [0.717, 1.165) is 24.6 Å². The molecule has 1 aliphatic rings. The Labute approximate surface area is 250 Å². The number of halogens is 5. The SMILES string of the molecule is COC(=O)c1cc(OC(F)(F)CF)c2nc(CN3CCC(c4cccc(OCc5ccc(Cl)cc5F)n4)CC3)n(C)c2c1. The molecule has 0 amide bonds. The number of benzene rings is 2. The van der Waals surface area contributed by atoms with Crippen LogP contribution in [0.25, 0.3) is 11.0 Å². The number of fused-ring (bicyclic) bond motifs is 1. The van der Waals surface area contributed by atoms with Crippen LogP contribution in [-0.4, -0.2) is 58.4 Å². The Morgan fingerprint density at radius 2 is 1.88 bits per heavy atom. The summed E-state index contributed by atoms with van der Waals surface area (Å²) in [5, 5.41) is 0.314. The summed E-state index contributed by atoms with van der Waals surface area (Å²) in [6.07, 6.45) is -2.48. The zero-order valence-corrected chi connectivity index (χ0v) is 24.2. The molecule has 228 valence electrons. The van der Waals surface area contributed by atoms with Crippen LogP contribution in [0.1, 0.15) is 46.2 Å². The number of ether oxygens (including phenoxy) is 3. The largest absolute Gasteiger partial charge is 0.473 e. The second-order valence-electron chi connectivity index (χ2n) is 10.3. The molecule has 4 aromatic rings. The van der Waals surface area contributed by atoms with Crippen molar-refractivity contribution in [3.8, 4) is 11.6 Å². The number of imidazole rings is 1. The van der Waals surface area contributed by atoms with Gasteiger partial charge >= 0.3 is 12.1 Å². The molecule has 0 atom stereocenters. The first kappa shape index (κ1) is 30.6. The standard InChI is InChI=1S/C30H29ClF4N4O4/c1-38-24-12-20(29(40)41-2)13-25(43-30(34,35)17-32)28(24)37-26(38)15-39-10-8-18(9-11-39)23-4-3-5-27(36-23)42-16-19-6-7-21(31)14-22(19)33/h3-7,12-14,18H,8-11,15-17H2,1-2H3. The number of carbonyl (C=O) groups excluding carboxylic acids is 1. The summed E-state index contributed by atoms with van der Waals surface area (Å²) in [6.45, 7) is -0.167. The van der Waals surface area contributed by atoms with Gasteiger partial charge in [-0.3, -0.25) is 4.90 Å². The monoisotopic (exact) mass is 620 g/mol.